The lowest BCUT2D eigenvalue weighted by Gasteiger charge is -2.25. The number of anilines is 2. The molecular weight excluding hydrogens is 432 g/mol. The van der Waals surface area contributed by atoms with Crippen LogP contribution in [0.15, 0.2) is 72.8 Å². The molecule has 0 spiro atoms. The Balaban J connectivity index is 1.35. The van der Waals surface area contributed by atoms with Gasteiger partial charge in [0.25, 0.3) is 5.91 Å². The first-order chi connectivity index (χ1) is 17.2. The lowest BCUT2D eigenvalue weighted by atomic mass is 10.0. The maximum Gasteiger partial charge on any atom is 0.260 e. The Labute approximate surface area is 207 Å². The summed E-state index contributed by atoms with van der Waals surface area (Å²) >= 11 is 0. The minimum atomic E-state index is -0.317. The predicted octanol–water partition coefficient (Wildman–Crippen LogP) is 6.15. The van der Waals surface area contributed by atoms with E-state index in [1.807, 2.05) is 18.2 Å². The number of nitrogens with one attached hydrogen (secondary N) is 1. The van der Waals surface area contributed by atoms with Gasteiger partial charge in [0.15, 0.2) is 0 Å². The summed E-state index contributed by atoms with van der Waals surface area (Å²) in [5, 5.41) is 8.18. The number of unbranched alkanes of at least 4 members (excludes halogenated alkanes) is 4. The molecule has 1 heterocycles. The van der Waals surface area contributed by atoms with Gasteiger partial charge in [0.2, 0.25) is 0 Å². The van der Waals surface area contributed by atoms with Crippen molar-refractivity contribution in [3.05, 3.63) is 83.9 Å². The fourth-order valence-corrected chi connectivity index (χ4v) is 5.28. The molecule has 0 radical (unpaired) electrons. The highest BCUT2D eigenvalue weighted by Gasteiger charge is 2.33. The number of nitrogens with two attached hydrogens (primary N) is 2. The summed E-state index contributed by atoms with van der Waals surface area (Å²) in [6.45, 7) is 1.46. The maximum absolute atomic E-state index is 13.3. The summed E-state index contributed by atoms with van der Waals surface area (Å²) in [7, 11) is 0. The van der Waals surface area contributed by atoms with Gasteiger partial charge >= 0.3 is 0 Å². The third-order valence-corrected chi connectivity index (χ3v) is 7.11. The average Bonchev–Trinajstić information content (AvgIpc) is 3.18. The van der Waals surface area contributed by atoms with Crippen LogP contribution in [0.4, 0.5) is 11.4 Å². The third kappa shape index (κ3) is 4.62. The Morgan fingerprint density at radius 2 is 1.54 bits per heavy atom. The van der Waals surface area contributed by atoms with Crippen molar-refractivity contribution in [2.45, 2.75) is 51.2 Å². The van der Waals surface area contributed by atoms with Crippen LogP contribution in [0, 0.1) is 0 Å². The van der Waals surface area contributed by atoms with Crippen molar-refractivity contribution in [3.8, 4) is 0 Å². The fourth-order valence-electron chi connectivity index (χ4n) is 5.28. The van der Waals surface area contributed by atoms with Crippen LogP contribution < -0.4 is 21.7 Å². The van der Waals surface area contributed by atoms with E-state index in [1.165, 1.54) is 22.8 Å². The smallest absolute Gasteiger partial charge is 0.260 e. The standard InChI is InChI=1S/C30H34N4O/c31-19-7-3-1-2-4-16-28(32)34-27-18-17-26(24-14-9-15-25(29(24)27)30(34)35)33-20-22-12-8-11-21-10-5-6-13-23(21)22/h5-6,8-15,17-18,28,33H,1-4,7,16,19-20,31-32H2. The Bertz CT molecular complexity index is 1340. The van der Waals surface area contributed by atoms with E-state index in [0.29, 0.717) is 6.54 Å². The summed E-state index contributed by atoms with van der Waals surface area (Å²) in [4.78, 5) is 15.1. The molecule has 1 aliphatic rings. The number of amides is 1. The van der Waals surface area contributed by atoms with Crippen LogP contribution in [0.3, 0.4) is 0 Å². The van der Waals surface area contributed by atoms with Crippen LogP contribution in [-0.4, -0.2) is 18.6 Å². The first kappa shape index (κ1) is 23.3. The lowest BCUT2D eigenvalue weighted by molar-refractivity contribution is 0.0982. The minimum absolute atomic E-state index is 0.00688. The van der Waals surface area contributed by atoms with Gasteiger partial charge < -0.3 is 16.8 Å². The van der Waals surface area contributed by atoms with Gasteiger partial charge in [-0.15, -0.1) is 0 Å². The van der Waals surface area contributed by atoms with Crippen molar-refractivity contribution in [2.24, 2.45) is 11.5 Å². The number of carbonyl (C=O) groups is 1. The molecule has 4 aromatic carbocycles. The zero-order valence-corrected chi connectivity index (χ0v) is 20.2. The first-order valence-electron chi connectivity index (χ1n) is 12.7. The predicted molar refractivity (Wildman–Crippen MR) is 147 cm³/mol. The van der Waals surface area contributed by atoms with Crippen molar-refractivity contribution in [3.63, 3.8) is 0 Å². The summed E-state index contributed by atoms with van der Waals surface area (Å²) in [6, 6.07) is 25.0. The van der Waals surface area contributed by atoms with Gasteiger partial charge in [-0.2, -0.15) is 0 Å². The molecule has 1 amide bonds. The monoisotopic (exact) mass is 466 g/mol. The molecule has 0 fully saturated rings. The molecule has 5 nitrogen and oxygen atoms in total. The van der Waals surface area contributed by atoms with Gasteiger partial charge in [0.1, 0.15) is 0 Å². The topological polar surface area (TPSA) is 84.4 Å². The Kier molecular flexibility index (Phi) is 6.98. The van der Waals surface area contributed by atoms with E-state index in [4.69, 9.17) is 11.5 Å². The van der Waals surface area contributed by atoms with E-state index in [0.717, 1.165) is 66.4 Å². The Morgan fingerprint density at radius 3 is 2.43 bits per heavy atom. The highest BCUT2D eigenvalue weighted by Crippen LogP contribution is 2.41. The highest BCUT2D eigenvalue weighted by molar-refractivity contribution is 6.26. The quantitative estimate of drug-likeness (QED) is 0.232. The summed E-state index contributed by atoms with van der Waals surface area (Å²) in [5.74, 6) is 0.00688. The van der Waals surface area contributed by atoms with E-state index in [9.17, 15) is 4.79 Å². The number of fused-ring (bicyclic) bond motifs is 1. The number of benzene rings is 4. The molecule has 5 heteroatoms. The third-order valence-electron chi connectivity index (χ3n) is 7.11. The van der Waals surface area contributed by atoms with Crippen molar-refractivity contribution < 1.29 is 4.79 Å². The largest absolute Gasteiger partial charge is 0.380 e. The summed E-state index contributed by atoms with van der Waals surface area (Å²) in [5.41, 5.74) is 16.1. The number of hydrogen-bond donors (Lipinski definition) is 3. The first-order valence-corrected chi connectivity index (χ1v) is 12.7. The van der Waals surface area contributed by atoms with Gasteiger partial charge in [-0.05, 0) is 53.9 Å². The van der Waals surface area contributed by atoms with Crippen LogP contribution in [0.1, 0.15) is 54.4 Å². The second-order valence-electron chi connectivity index (χ2n) is 9.44. The van der Waals surface area contributed by atoms with Gasteiger partial charge in [-0.3, -0.25) is 9.69 Å². The number of hydrogen-bond acceptors (Lipinski definition) is 4. The normalized spacial score (nSPS) is 13.7. The number of rotatable bonds is 11. The lowest BCUT2D eigenvalue weighted by Crippen LogP contribution is -2.44. The molecule has 5 rings (SSSR count). The molecule has 1 atom stereocenters. The molecule has 0 saturated heterocycles. The van der Waals surface area contributed by atoms with Crippen molar-refractivity contribution >= 4 is 38.8 Å². The van der Waals surface area contributed by atoms with E-state index in [1.54, 1.807) is 4.90 Å². The number of nitrogens with zero attached hydrogens (tertiary/aromatic N) is 1. The molecule has 0 aromatic heterocycles. The van der Waals surface area contributed by atoms with Crippen LogP contribution in [0.2, 0.25) is 0 Å². The van der Waals surface area contributed by atoms with Crippen molar-refractivity contribution in [1.29, 1.82) is 0 Å². The second-order valence-corrected chi connectivity index (χ2v) is 9.44. The number of carbonyl (C=O) groups excluding carboxylic acids is 1. The zero-order valence-electron chi connectivity index (χ0n) is 20.2. The molecule has 0 aliphatic carbocycles. The van der Waals surface area contributed by atoms with Crippen molar-refractivity contribution in [1.82, 2.24) is 0 Å². The van der Waals surface area contributed by atoms with Gasteiger partial charge in [0, 0.05) is 28.6 Å². The maximum atomic E-state index is 13.3. The molecule has 5 N–H and O–H groups in total. The summed E-state index contributed by atoms with van der Waals surface area (Å²) < 4.78 is 0. The molecule has 0 bridgehead atoms. The minimum Gasteiger partial charge on any atom is -0.380 e. The van der Waals surface area contributed by atoms with Crippen LogP contribution >= 0.6 is 0 Å². The highest BCUT2D eigenvalue weighted by atomic mass is 16.2. The second kappa shape index (κ2) is 10.5. The van der Waals surface area contributed by atoms with E-state index in [-0.39, 0.29) is 12.1 Å². The van der Waals surface area contributed by atoms with Gasteiger partial charge in [-0.25, -0.2) is 0 Å². The molecule has 1 aliphatic heterocycles. The fraction of sp³-hybridized carbons (Fsp3) is 0.300. The average molecular weight is 467 g/mol. The molecule has 4 aromatic rings. The van der Waals surface area contributed by atoms with E-state index in [2.05, 4.69) is 59.9 Å². The Morgan fingerprint density at radius 1 is 0.800 bits per heavy atom. The molecule has 1 unspecified atom stereocenters. The van der Waals surface area contributed by atoms with Crippen LogP contribution in [-0.2, 0) is 6.54 Å². The molecular formula is C30H34N4O. The van der Waals surface area contributed by atoms with Gasteiger partial charge in [0.05, 0.1) is 11.9 Å². The zero-order chi connectivity index (χ0) is 24.2. The van der Waals surface area contributed by atoms with E-state index < -0.39 is 0 Å². The van der Waals surface area contributed by atoms with Crippen molar-refractivity contribution in [2.75, 3.05) is 16.8 Å². The van der Waals surface area contributed by atoms with Crippen LogP contribution in [0.25, 0.3) is 21.5 Å². The summed E-state index contributed by atoms with van der Waals surface area (Å²) in [6.07, 6.45) is 6.01. The molecule has 0 saturated carbocycles. The van der Waals surface area contributed by atoms with Gasteiger partial charge in [-0.1, -0.05) is 80.3 Å². The SMILES string of the molecule is NCCCCCCCC(N)N1C(=O)c2cccc3c(NCc4cccc5ccccc45)ccc1c23. The molecule has 35 heavy (non-hydrogen) atoms. The van der Waals surface area contributed by atoms with Crippen LogP contribution in [0.5, 0.6) is 0 Å². The molecule has 180 valence electrons. The Hall–Kier alpha value is -3.41. The van der Waals surface area contributed by atoms with E-state index >= 15 is 0 Å².